The molecule has 0 fully saturated rings. The van der Waals surface area contributed by atoms with Gasteiger partial charge in [0.15, 0.2) is 0 Å². The summed E-state index contributed by atoms with van der Waals surface area (Å²) in [5.74, 6) is -1.19. The summed E-state index contributed by atoms with van der Waals surface area (Å²) in [6.07, 6.45) is -0.125. The van der Waals surface area contributed by atoms with Crippen LogP contribution in [0, 0.1) is 0 Å². The minimum Gasteiger partial charge on any atom is -0.481 e. The van der Waals surface area contributed by atoms with Crippen LogP contribution in [-0.2, 0) is 15.0 Å². The highest BCUT2D eigenvalue weighted by Gasteiger charge is 2.43. The molecule has 0 radical (unpaired) electrons. The normalized spacial score (nSPS) is 11.0. The fraction of sp³-hybridized carbons (Fsp3) is 0.130. The lowest BCUT2D eigenvalue weighted by atomic mass is 9.68. The number of aliphatic carboxylic acids is 1. The molecule has 4 nitrogen and oxygen atoms in total. The molecule has 0 bridgehead atoms. The summed E-state index contributed by atoms with van der Waals surface area (Å²) < 4.78 is 0. The zero-order valence-electron chi connectivity index (χ0n) is 14.8. The second kappa shape index (κ2) is 8.32. The molecule has 0 aliphatic carbocycles. The molecule has 4 heteroatoms. The average molecular weight is 359 g/mol. The third-order valence-electron chi connectivity index (χ3n) is 4.59. The van der Waals surface area contributed by atoms with Gasteiger partial charge in [-0.3, -0.25) is 9.59 Å². The topological polar surface area (TPSA) is 66.4 Å². The Labute approximate surface area is 158 Å². The quantitative estimate of drug-likeness (QED) is 0.633. The number of carbonyl (C=O) groups is 2. The molecule has 0 atom stereocenters. The van der Waals surface area contributed by atoms with Crippen molar-refractivity contribution < 1.29 is 14.7 Å². The molecule has 0 aromatic heterocycles. The van der Waals surface area contributed by atoms with Crippen molar-refractivity contribution in [2.45, 2.75) is 11.8 Å². The molecule has 3 rings (SSSR count). The molecule has 0 unspecified atom stereocenters. The van der Waals surface area contributed by atoms with Crippen molar-refractivity contribution in [3.05, 3.63) is 108 Å². The molecule has 27 heavy (non-hydrogen) atoms. The maximum absolute atomic E-state index is 13.5. The van der Waals surface area contributed by atoms with E-state index in [2.05, 4.69) is 5.32 Å². The van der Waals surface area contributed by atoms with Gasteiger partial charge in [0, 0.05) is 6.54 Å². The zero-order chi connectivity index (χ0) is 19.1. The van der Waals surface area contributed by atoms with Crippen molar-refractivity contribution in [2.75, 3.05) is 6.54 Å². The standard InChI is InChI=1S/C23H21NO3/c25-21(26)16-17-24-22(27)23(18-10-4-1-5-11-18,19-12-6-2-7-13-19)20-14-8-3-9-15-20/h1-15H,16-17H2,(H,24,27)(H,25,26). The highest BCUT2D eigenvalue weighted by molar-refractivity contribution is 5.96. The fourth-order valence-corrected chi connectivity index (χ4v) is 3.37. The summed E-state index contributed by atoms with van der Waals surface area (Å²) >= 11 is 0. The third-order valence-corrected chi connectivity index (χ3v) is 4.59. The molecular formula is C23H21NO3. The van der Waals surface area contributed by atoms with Crippen molar-refractivity contribution >= 4 is 11.9 Å². The van der Waals surface area contributed by atoms with Gasteiger partial charge in [-0.25, -0.2) is 0 Å². The van der Waals surface area contributed by atoms with E-state index in [9.17, 15) is 9.59 Å². The van der Waals surface area contributed by atoms with Crippen molar-refractivity contribution in [1.82, 2.24) is 5.32 Å². The average Bonchev–Trinajstić information content (AvgIpc) is 2.71. The van der Waals surface area contributed by atoms with E-state index in [4.69, 9.17) is 5.11 Å². The van der Waals surface area contributed by atoms with E-state index in [0.717, 1.165) is 16.7 Å². The number of nitrogens with one attached hydrogen (secondary N) is 1. The highest BCUT2D eigenvalue weighted by atomic mass is 16.4. The summed E-state index contributed by atoms with van der Waals surface area (Å²) in [4.78, 5) is 24.4. The number of benzene rings is 3. The number of carboxylic acids is 1. The van der Waals surface area contributed by atoms with Gasteiger partial charge >= 0.3 is 5.97 Å². The molecular weight excluding hydrogens is 338 g/mol. The van der Waals surface area contributed by atoms with E-state index < -0.39 is 11.4 Å². The first-order valence-electron chi connectivity index (χ1n) is 8.82. The maximum Gasteiger partial charge on any atom is 0.305 e. The van der Waals surface area contributed by atoms with E-state index in [-0.39, 0.29) is 18.9 Å². The molecule has 0 spiro atoms. The first-order valence-corrected chi connectivity index (χ1v) is 8.82. The Bertz CT molecular complexity index is 796. The van der Waals surface area contributed by atoms with Gasteiger partial charge in [0.05, 0.1) is 6.42 Å². The van der Waals surface area contributed by atoms with Crippen LogP contribution < -0.4 is 5.32 Å². The van der Waals surface area contributed by atoms with Gasteiger partial charge in [0.25, 0.3) is 0 Å². The van der Waals surface area contributed by atoms with E-state index in [1.54, 1.807) is 0 Å². The molecule has 3 aromatic carbocycles. The molecule has 3 aromatic rings. The molecule has 0 saturated heterocycles. The van der Waals surface area contributed by atoms with Crippen LogP contribution in [0.15, 0.2) is 91.0 Å². The molecule has 2 N–H and O–H groups in total. The smallest absolute Gasteiger partial charge is 0.305 e. The van der Waals surface area contributed by atoms with Gasteiger partial charge < -0.3 is 10.4 Å². The van der Waals surface area contributed by atoms with Crippen LogP contribution in [0.1, 0.15) is 23.1 Å². The molecule has 136 valence electrons. The largest absolute Gasteiger partial charge is 0.481 e. The summed E-state index contributed by atoms with van der Waals surface area (Å²) in [6, 6.07) is 28.7. The van der Waals surface area contributed by atoms with E-state index in [1.807, 2.05) is 91.0 Å². The molecule has 0 saturated carbocycles. The van der Waals surface area contributed by atoms with Crippen molar-refractivity contribution in [1.29, 1.82) is 0 Å². The lowest BCUT2D eigenvalue weighted by molar-refractivity contribution is -0.137. The van der Waals surface area contributed by atoms with Gasteiger partial charge in [-0.2, -0.15) is 0 Å². The Morgan fingerprint density at radius 3 is 1.41 bits per heavy atom. The Morgan fingerprint density at radius 1 is 0.704 bits per heavy atom. The summed E-state index contributed by atoms with van der Waals surface area (Å²) in [6.45, 7) is 0.0718. The van der Waals surface area contributed by atoms with Gasteiger partial charge in [-0.15, -0.1) is 0 Å². The van der Waals surface area contributed by atoms with E-state index >= 15 is 0 Å². The van der Waals surface area contributed by atoms with Crippen LogP contribution in [0.2, 0.25) is 0 Å². The SMILES string of the molecule is O=C(O)CCNC(=O)C(c1ccccc1)(c1ccccc1)c1ccccc1. The van der Waals surface area contributed by atoms with Gasteiger partial charge in [-0.1, -0.05) is 91.0 Å². The number of carbonyl (C=O) groups excluding carboxylic acids is 1. The van der Waals surface area contributed by atoms with E-state index in [1.165, 1.54) is 0 Å². The van der Waals surface area contributed by atoms with Crippen LogP contribution in [0.3, 0.4) is 0 Å². The van der Waals surface area contributed by atoms with Crippen LogP contribution in [0.4, 0.5) is 0 Å². The number of hydrogen-bond donors (Lipinski definition) is 2. The van der Waals surface area contributed by atoms with Gasteiger partial charge in [0.1, 0.15) is 5.41 Å². The van der Waals surface area contributed by atoms with E-state index in [0.29, 0.717) is 0 Å². The van der Waals surface area contributed by atoms with Crippen LogP contribution in [0.5, 0.6) is 0 Å². The lowest BCUT2D eigenvalue weighted by Gasteiger charge is -2.34. The Morgan fingerprint density at radius 2 is 1.07 bits per heavy atom. The maximum atomic E-state index is 13.5. The second-order valence-electron chi connectivity index (χ2n) is 6.25. The predicted octanol–water partition coefficient (Wildman–Crippen LogP) is 3.61. The monoisotopic (exact) mass is 359 g/mol. The van der Waals surface area contributed by atoms with Crippen LogP contribution in [-0.4, -0.2) is 23.5 Å². The number of hydrogen-bond acceptors (Lipinski definition) is 2. The first kappa shape index (κ1) is 18.4. The summed E-state index contributed by atoms with van der Waals surface area (Å²) in [7, 11) is 0. The minimum absolute atomic E-state index is 0.0718. The predicted molar refractivity (Wildman–Crippen MR) is 104 cm³/mol. The summed E-state index contributed by atoms with van der Waals surface area (Å²) in [5.41, 5.74) is 1.42. The van der Waals surface area contributed by atoms with Crippen molar-refractivity contribution in [3.8, 4) is 0 Å². The van der Waals surface area contributed by atoms with Crippen LogP contribution in [0.25, 0.3) is 0 Å². The Hall–Kier alpha value is -3.40. The fourth-order valence-electron chi connectivity index (χ4n) is 3.37. The van der Waals surface area contributed by atoms with Gasteiger partial charge in [0.2, 0.25) is 5.91 Å². The Balaban J connectivity index is 2.20. The lowest BCUT2D eigenvalue weighted by Crippen LogP contribution is -2.46. The second-order valence-corrected chi connectivity index (χ2v) is 6.25. The zero-order valence-corrected chi connectivity index (χ0v) is 14.8. The van der Waals surface area contributed by atoms with Crippen LogP contribution >= 0.6 is 0 Å². The third kappa shape index (κ3) is 3.75. The molecule has 0 aliphatic heterocycles. The van der Waals surface area contributed by atoms with Gasteiger partial charge in [-0.05, 0) is 16.7 Å². The summed E-state index contributed by atoms with van der Waals surface area (Å²) in [5, 5.41) is 11.8. The first-order chi connectivity index (χ1) is 13.2. The minimum atomic E-state index is -1.07. The molecule has 1 amide bonds. The number of carboxylic acid groups (broad SMARTS) is 1. The highest BCUT2D eigenvalue weighted by Crippen LogP contribution is 2.39. The number of rotatable bonds is 7. The molecule has 0 heterocycles. The molecule has 0 aliphatic rings. The van der Waals surface area contributed by atoms with Crippen molar-refractivity contribution in [3.63, 3.8) is 0 Å². The number of amides is 1. The van der Waals surface area contributed by atoms with Crippen molar-refractivity contribution in [2.24, 2.45) is 0 Å². The Kier molecular flexibility index (Phi) is 5.67.